The van der Waals surface area contributed by atoms with Gasteiger partial charge in [0.1, 0.15) is 0 Å². The van der Waals surface area contributed by atoms with Gasteiger partial charge >= 0.3 is 0 Å². The first kappa shape index (κ1) is 19.0. The molecule has 0 saturated heterocycles. The number of hydrogen-bond acceptors (Lipinski definition) is 3. The molecule has 3 aromatic rings. The van der Waals surface area contributed by atoms with Crippen molar-refractivity contribution >= 4 is 39.8 Å². The van der Waals surface area contributed by atoms with E-state index < -0.39 is 0 Å². The number of fused-ring (bicyclic) bond motifs is 1. The Labute approximate surface area is 164 Å². The van der Waals surface area contributed by atoms with Gasteiger partial charge in [0.25, 0.3) is 0 Å². The van der Waals surface area contributed by atoms with Crippen molar-refractivity contribution in [2.75, 3.05) is 31.5 Å². The van der Waals surface area contributed by atoms with E-state index in [2.05, 4.69) is 36.2 Å². The minimum atomic E-state index is 0.645. The van der Waals surface area contributed by atoms with Crippen LogP contribution in [0.4, 0.5) is 5.69 Å². The topological polar surface area (TPSA) is 28.2 Å². The maximum atomic E-state index is 6.39. The lowest BCUT2D eigenvalue weighted by Gasteiger charge is -2.19. The van der Waals surface area contributed by atoms with E-state index in [0.717, 1.165) is 54.0 Å². The molecule has 0 radical (unpaired) electrons. The second-order valence-corrected chi connectivity index (χ2v) is 6.99. The summed E-state index contributed by atoms with van der Waals surface area (Å²) in [6.07, 6.45) is 0. The van der Waals surface area contributed by atoms with Crippen molar-refractivity contribution in [2.45, 2.75) is 13.8 Å². The molecule has 3 nitrogen and oxygen atoms in total. The van der Waals surface area contributed by atoms with Crippen LogP contribution in [-0.4, -0.2) is 36.1 Å². The number of para-hydroxylation sites is 1. The van der Waals surface area contributed by atoms with Crippen LogP contribution in [0.1, 0.15) is 13.8 Å². The zero-order valence-electron chi connectivity index (χ0n) is 15.1. The number of rotatable bonds is 7. The van der Waals surface area contributed by atoms with Crippen LogP contribution < -0.4 is 5.32 Å². The summed E-state index contributed by atoms with van der Waals surface area (Å²) in [5.74, 6) is 0. The van der Waals surface area contributed by atoms with Gasteiger partial charge in [-0.2, -0.15) is 0 Å². The average Bonchev–Trinajstić information content (AvgIpc) is 2.67. The molecule has 0 aliphatic heterocycles. The first-order valence-electron chi connectivity index (χ1n) is 8.93. The normalized spacial score (nSPS) is 11.3. The number of nitrogens with one attached hydrogen (secondary N) is 1. The van der Waals surface area contributed by atoms with Crippen molar-refractivity contribution in [2.24, 2.45) is 0 Å². The standard InChI is InChI=1S/C21H23Cl2N3/c1-3-26(4-2)12-11-24-20-14-21(17-13-15(22)9-10-18(17)23)25-19-8-6-5-7-16(19)20/h5-10,13-14H,3-4,11-12H2,1-2H3,(H,24,25). The number of hydrogen-bond donors (Lipinski definition) is 1. The zero-order chi connectivity index (χ0) is 18.5. The van der Waals surface area contributed by atoms with E-state index in [9.17, 15) is 0 Å². The third-order valence-corrected chi connectivity index (χ3v) is 5.12. The molecule has 2 aromatic carbocycles. The van der Waals surface area contributed by atoms with Crippen LogP contribution in [0.3, 0.4) is 0 Å². The Bertz CT molecular complexity index is 892. The molecule has 0 amide bonds. The largest absolute Gasteiger partial charge is 0.383 e. The molecule has 26 heavy (non-hydrogen) atoms. The van der Waals surface area contributed by atoms with Crippen LogP contribution in [0.15, 0.2) is 48.5 Å². The van der Waals surface area contributed by atoms with Crippen LogP contribution in [-0.2, 0) is 0 Å². The maximum Gasteiger partial charge on any atom is 0.0745 e. The molecular formula is C21H23Cl2N3. The number of pyridine rings is 1. The Hall–Kier alpha value is -1.81. The van der Waals surface area contributed by atoms with E-state index in [1.54, 1.807) is 6.07 Å². The highest BCUT2D eigenvalue weighted by atomic mass is 35.5. The molecule has 0 aliphatic rings. The number of nitrogens with zero attached hydrogens (tertiary/aromatic N) is 2. The summed E-state index contributed by atoms with van der Waals surface area (Å²) < 4.78 is 0. The zero-order valence-corrected chi connectivity index (χ0v) is 16.6. The predicted octanol–water partition coefficient (Wildman–Crippen LogP) is 5.96. The first-order valence-corrected chi connectivity index (χ1v) is 9.69. The molecule has 0 bridgehead atoms. The Morgan fingerprint density at radius 3 is 2.54 bits per heavy atom. The average molecular weight is 388 g/mol. The smallest absolute Gasteiger partial charge is 0.0745 e. The fraction of sp³-hybridized carbons (Fsp3) is 0.286. The fourth-order valence-corrected chi connectivity index (χ4v) is 3.43. The quantitative estimate of drug-likeness (QED) is 0.541. The molecule has 136 valence electrons. The van der Waals surface area contributed by atoms with Crippen molar-refractivity contribution in [1.82, 2.24) is 9.88 Å². The van der Waals surface area contributed by atoms with Crippen molar-refractivity contribution in [1.29, 1.82) is 0 Å². The highest BCUT2D eigenvalue weighted by molar-refractivity contribution is 6.35. The molecule has 0 spiro atoms. The van der Waals surface area contributed by atoms with Crippen molar-refractivity contribution in [3.05, 3.63) is 58.6 Å². The van der Waals surface area contributed by atoms with Gasteiger partial charge < -0.3 is 10.2 Å². The second kappa shape index (κ2) is 8.72. The Morgan fingerprint density at radius 2 is 1.77 bits per heavy atom. The van der Waals surface area contributed by atoms with Gasteiger partial charge in [-0.05, 0) is 43.4 Å². The fourth-order valence-electron chi connectivity index (χ4n) is 3.04. The van der Waals surface area contributed by atoms with Gasteiger partial charge in [0.2, 0.25) is 0 Å². The second-order valence-electron chi connectivity index (χ2n) is 6.15. The van der Waals surface area contributed by atoms with Crippen LogP contribution >= 0.6 is 23.2 Å². The minimum Gasteiger partial charge on any atom is -0.383 e. The number of aromatic nitrogens is 1. The first-order chi connectivity index (χ1) is 12.6. The number of likely N-dealkylation sites (N-methyl/N-ethyl adjacent to an activating group) is 1. The molecule has 1 aromatic heterocycles. The molecule has 0 atom stereocenters. The summed E-state index contributed by atoms with van der Waals surface area (Å²) >= 11 is 12.6. The molecule has 1 heterocycles. The van der Waals surface area contributed by atoms with Crippen LogP contribution in [0.2, 0.25) is 10.0 Å². The molecule has 0 aliphatic carbocycles. The number of benzene rings is 2. The van der Waals surface area contributed by atoms with Gasteiger partial charge in [-0.15, -0.1) is 0 Å². The van der Waals surface area contributed by atoms with E-state index >= 15 is 0 Å². The van der Waals surface area contributed by atoms with Gasteiger partial charge in [-0.25, -0.2) is 4.98 Å². The Balaban J connectivity index is 1.97. The molecule has 1 N–H and O–H groups in total. The minimum absolute atomic E-state index is 0.645. The van der Waals surface area contributed by atoms with Gasteiger partial charge in [-0.1, -0.05) is 55.2 Å². The summed E-state index contributed by atoms with van der Waals surface area (Å²) in [5, 5.41) is 5.97. The molecular weight excluding hydrogens is 365 g/mol. The predicted molar refractivity (Wildman–Crippen MR) is 113 cm³/mol. The SMILES string of the molecule is CCN(CC)CCNc1cc(-c2cc(Cl)ccc2Cl)nc2ccccc12. The third kappa shape index (κ3) is 4.29. The van der Waals surface area contributed by atoms with Gasteiger partial charge in [0, 0.05) is 34.7 Å². The van der Waals surface area contributed by atoms with E-state index in [1.807, 2.05) is 30.3 Å². The van der Waals surface area contributed by atoms with Gasteiger partial charge in [0.15, 0.2) is 0 Å². The Morgan fingerprint density at radius 1 is 1.00 bits per heavy atom. The lowest BCUT2D eigenvalue weighted by Crippen LogP contribution is -2.28. The van der Waals surface area contributed by atoms with E-state index in [-0.39, 0.29) is 0 Å². The lowest BCUT2D eigenvalue weighted by molar-refractivity contribution is 0.316. The summed E-state index contributed by atoms with van der Waals surface area (Å²) in [7, 11) is 0. The van der Waals surface area contributed by atoms with Gasteiger partial charge in [0.05, 0.1) is 16.2 Å². The van der Waals surface area contributed by atoms with E-state index in [1.165, 1.54) is 0 Å². The monoisotopic (exact) mass is 387 g/mol. The maximum absolute atomic E-state index is 6.39. The molecule has 0 unspecified atom stereocenters. The summed E-state index contributed by atoms with van der Waals surface area (Å²) in [5.41, 5.74) is 3.67. The van der Waals surface area contributed by atoms with Crippen molar-refractivity contribution < 1.29 is 0 Å². The molecule has 3 rings (SSSR count). The molecule has 5 heteroatoms. The van der Waals surface area contributed by atoms with Crippen LogP contribution in [0.25, 0.3) is 22.2 Å². The Kier molecular flexibility index (Phi) is 6.36. The van der Waals surface area contributed by atoms with E-state index in [4.69, 9.17) is 28.2 Å². The highest BCUT2D eigenvalue weighted by Gasteiger charge is 2.11. The van der Waals surface area contributed by atoms with Crippen molar-refractivity contribution in [3.63, 3.8) is 0 Å². The highest BCUT2D eigenvalue weighted by Crippen LogP contribution is 2.33. The van der Waals surface area contributed by atoms with Gasteiger partial charge in [-0.3, -0.25) is 0 Å². The number of halogens is 2. The van der Waals surface area contributed by atoms with Crippen molar-refractivity contribution in [3.8, 4) is 11.3 Å². The lowest BCUT2D eigenvalue weighted by atomic mass is 10.1. The van der Waals surface area contributed by atoms with Crippen LogP contribution in [0, 0.1) is 0 Å². The summed E-state index contributed by atoms with van der Waals surface area (Å²) in [6.45, 7) is 8.35. The summed E-state index contributed by atoms with van der Waals surface area (Å²) in [4.78, 5) is 7.18. The molecule has 0 fully saturated rings. The molecule has 0 saturated carbocycles. The third-order valence-electron chi connectivity index (χ3n) is 4.56. The summed E-state index contributed by atoms with van der Waals surface area (Å²) in [6, 6.07) is 15.7. The van der Waals surface area contributed by atoms with E-state index in [0.29, 0.717) is 10.0 Å². The van der Waals surface area contributed by atoms with Crippen LogP contribution in [0.5, 0.6) is 0 Å². The number of anilines is 1.